The summed E-state index contributed by atoms with van der Waals surface area (Å²) in [6, 6.07) is 21.0. The Labute approximate surface area is 217 Å². The number of halogens is 1. The van der Waals surface area contributed by atoms with Gasteiger partial charge in [0.1, 0.15) is 19.0 Å². The second-order valence-electron chi connectivity index (χ2n) is 7.79. The fourth-order valence-corrected chi connectivity index (χ4v) is 4.68. The molecule has 0 aliphatic carbocycles. The molecule has 180 valence electrons. The minimum atomic E-state index is -0.345. The zero-order chi connectivity index (χ0) is 24.8. The molecule has 4 rings (SSSR count). The molecule has 6 nitrogen and oxygen atoms in total. The second kappa shape index (κ2) is 11.5. The van der Waals surface area contributed by atoms with Crippen LogP contribution >= 0.6 is 27.7 Å². The predicted molar refractivity (Wildman–Crippen MR) is 141 cm³/mol. The molecule has 3 aromatic carbocycles. The van der Waals surface area contributed by atoms with Crippen molar-refractivity contribution in [2.45, 2.75) is 13.5 Å². The maximum atomic E-state index is 12.9. The molecule has 0 atom stereocenters. The number of thioether (sulfide) groups is 1. The van der Waals surface area contributed by atoms with Gasteiger partial charge >= 0.3 is 0 Å². The Balaban J connectivity index is 1.44. The van der Waals surface area contributed by atoms with E-state index in [-0.39, 0.29) is 24.3 Å². The van der Waals surface area contributed by atoms with Crippen LogP contribution in [0.2, 0.25) is 0 Å². The highest BCUT2D eigenvalue weighted by atomic mass is 79.9. The van der Waals surface area contributed by atoms with Gasteiger partial charge in [-0.25, -0.2) is 0 Å². The van der Waals surface area contributed by atoms with Crippen LogP contribution in [0.15, 0.2) is 76.1 Å². The number of carbonyl (C=O) groups excluding carboxylic acids is 2. The molecule has 0 unspecified atom stereocenters. The van der Waals surface area contributed by atoms with Gasteiger partial charge in [0.2, 0.25) is 0 Å². The van der Waals surface area contributed by atoms with Gasteiger partial charge in [-0.05, 0) is 60.2 Å². The first-order valence-electron chi connectivity index (χ1n) is 10.9. The number of nitrogens with zero attached hydrogens (tertiary/aromatic N) is 1. The Morgan fingerprint density at radius 3 is 2.43 bits per heavy atom. The number of methoxy groups -OCH3 is 1. The van der Waals surface area contributed by atoms with Gasteiger partial charge in [0.25, 0.3) is 11.1 Å². The summed E-state index contributed by atoms with van der Waals surface area (Å²) in [6.45, 7) is 2.83. The molecule has 1 aliphatic heterocycles. The molecule has 0 bridgehead atoms. The summed E-state index contributed by atoms with van der Waals surface area (Å²) in [5, 5.41) is -0.320. The van der Waals surface area contributed by atoms with Crippen molar-refractivity contribution in [3.63, 3.8) is 0 Å². The highest BCUT2D eigenvalue weighted by Crippen LogP contribution is 2.38. The highest BCUT2D eigenvalue weighted by Gasteiger charge is 2.35. The van der Waals surface area contributed by atoms with Gasteiger partial charge in [-0.15, -0.1) is 0 Å². The topological polar surface area (TPSA) is 65.1 Å². The lowest BCUT2D eigenvalue weighted by Gasteiger charge is -2.14. The Morgan fingerprint density at radius 2 is 1.71 bits per heavy atom. The van der Waals surface area contributed by atoms with Gasteiger partial charge < -0.3 is 14.2 Å². The molecule has 0 radical (unpaired) electrons. The maximum absolute atomic E-state index is 12.9. The van der Waals surface area contributed by atoms with E-state index in [1.165, 1.54) is 10.5 Å². The van der Waals surface area contributed by atoms with Crippen molar-refractivity contribution in [2.75, 3.05) is 20.3 Å². The standard InChI is InChI=1S/C27H24BrNO5S/c1-18-8-10-19(11-9-18)17-34-24-16-22(28)20(14-23(24)32-2)15-25-26(30)29(27(31)35-25)12-13-33-21-6-4-3-5-7-21/h3-11,14-16H,12-13,17H2,1-2H3/b25-15-. The van der Waals surface area contributed by atoms with E-state index in [0.29, 0.717) is 34.3 Å². The van der Waals surface area contributed by atoms with Crippen LogP contribution in [0.3, 0.4) is 0 Å². The van der Waals surface area contributed by atoms with E-state index in [0.717, 1.165) is 21.8 Å². The summed E-state index contributed by atoms with van der Waals surface area (Å²) in [5.74, 6) is 1.45. The Bertz CT molecular complexity index is 1240. The van der Waals surface area contributed by atoms with Crippen LogP contribution in [0.5, 0.6) is 17.2 Å². The number of ether oxygens (including phenoxy) is 3. The van der Waals surface area contributed by atoms with Crippen LogP contribution in [0, 0.1) is 6.92 Å². The zero-order valence-corrected chi connectivity index (χ0v) is 21.7. The van der Waals surface area contributed by atoms with Crippen molar-refractivity contribution in [3.05, 3.63) is 92.8 Å². The monoisotopic (exact) mass is 553 g/mol. The zero-order valence-electron chi connectivity index (χ0n) is 19.3. The van der Waals surface area contributed by atoms with Gasteiger partial charge in [-0.3, -0.25) is 14.5 Å². The number of amides is 2. The fourth-order valence-electron chi connectivity index (χ4n) is 3.38. The molecule has 1 fully saturated rings. The van der Waals surface area contributed by atoms with E-state index in [2.05, 4.69) is 15.9 Å². The van der Waals surface area contributed by atoms with Crippen LogP contribution in [-0.2, 0) is 11.4 Å². The van der Waals surface area contributed by atoms with E-state index in [1.807, 2.05) is 61.5 Å². The Hall–Kier alpha value is -3.23. The molecule has 35 heavy (non-hydrogen) atoms. The number of rotatable bonds is 9. The third-order valence-corrected chi connectivity index (χ3v) is 6.88. The van der Waals surface area contributed by atoms with E-state index in [1.54, 1.807) is 25.3 Å². The number of imide groups is 1. The molecule has 3 aromatic rings. The van der Waals surface area contributed by atoms with Crippen LogP contribution in [0.25, 0.3) is 6.08 Å². The SMILES string of the molecule is COc1cc(/C=C2\SC(=O)N(CCOc3ccccc3)C2=O)c(Br)cc1OCc1ccc(C)cc1. The minimum Gasteiger partial charge on any atom is -0.493 e. The molecule has 0 N–H and O–H groups in total. The van der Waals surface area contributed by atoms with Gasteiger partial charge in [-0.1, -0.05) is 64.0 Å². The summed E-state index contributed by atoms with van der Waals surface area (Å²) in [4.78, 5) is 26.9. The first-order chi connectivity index (χ1) is 16.9. The number of para-hydroxylation sites is 1. The van der Waals surface area contributed by atoms with Gasteiger partial charge in [0.05, 0.1) is 18.6 Å². The first kappa shape index (κ1) is 24.9. The summed E-state index contributed by atoms with van der Waals surface area (Å²) < 4.78 is 17.8. The van der Waals surface area contributed by atoms with Crippen molar-refractivity contribution < 1.29 is 23.8 Å². The molecule has 0 spiro atoms. The van der Waals surface area contributed by atoms with Crippen molar-refractivity contribution in [1.82, 2.24) is 4.90 Å². The lowest BCUT2D eigenvalue weighted by molar-refractivity contribution is -0.123. The average molecular weight is 554 g/mol. The molecule has 1 heterocycles. The summed E-state index contributed by atoms with van der Waals surface area (Å²) in [6.07, 6.45) is 1.68. The third-order valence-electron chi connectivity index (χ3n) is 5.28. The van der Waals surface area contributed by atoms with Gasteiger partial charge in [0.15, 0.2) is 11.5 Å². The van der Waals surface area contributed by atoms with Crippen molar-refractivity contribution >= 4 is 44.9 Å². The predicted octanol–water partition coefficient (Wildman–Crippen LogP) is 6.46. The maximum Gasteiger partial charge on any atom is 0.293 e. The number of aryl methyl sites for hydroxylation is 1. The molecular formula is C27H24BrNO5S. The van der Waals surface area contributed by atoms with Crippen molar-refractivity contribution in [3.8, 4) is 17.2 Å². The molecule has 1 aliphatic rings. The second-order valence-corrected chi connectivity index (χ2v) is 9.64. The fraction of sp³-hybridized carbons (Fsp3) is 0.185. The summed E-state index contributed by atoms with van der Waals surface area (Å²) in [5.41, 5.74) is 2.94. The third kappa shape index (κ3) is 6.26. The Kier molecular flexibility index (Phi) is 8.15. The molecule has 0 aromatic heterocycles. The number of hydrogen-bond acceptors (Lipinski definition) is 6. The number of hydrogen-bond donors (Lipinski definition) is 0. The van der Waals surface area contributed by atoms with E-state index in [9.17, 15) is 9.59 Å². The van der Waals surface area contributed by atoms with Crippen LogP contribution < -0.4 is 14.2 Å². The Morgan fingerprint density at radius 1 is 0.971 bits per heavy atom. The molecule has 0 saturated carbocycles. The molecule has 1 saturated heterocycles. The summed E-state index contributed by atoms with van der Waals surface area (Å²) >= 11 is 4.46. The van der Waals surface area contributed by atoms with Crippen molar-refractivity contribution in [2.24, 2.45) is 0 Å². The highest BCUT2D eigenvalue weighted by molar-refractivity contribution is 9.10. The van der Waals surface area contributed by atoms with Gasteiger partial charge in [0, 0.05) is 4.47 Å². The van der Waals surface area contributed by atoms with Crippen LogP contribution in [0.4, 0.5) is 4.79 Å². The lowest BCUT2D eigenvalue weighted by Crippen LogP contribution is -2.32. The van der Waals surface area contributed by atoms with E-state index < -0.39 is 0 Å². The smallest absolute Gasteiger partial charge is 0.293 e. The number of carbonyl (C=O) groups is 2. The van der Waals surface area contributed by atoms with Gasteiger partial charge in [-0.2, -0.15) is 0 Å². The molecule has 2 amide bonds. The summed E-state index contributed by atoms with van der Waals surface area (Å²) in [7, 11) is 1.56. The quantitative estimate of drug-likeness (QED) is 0.283. The lowest BCUT2D eigenvalue weighted by atomic mass is 10.1. The van der Waals surface area contributed by atoms with Crippen LogP contribution in [0.1, 0.15) is 16.7 Å². The normalized spacial score (nSPS) is 14.5. The first-order valence-corrected chi connectivity index (χ1v) is 12.5. The molecular weight excluding hydrogens is 530 g/mol. The number of benzene rings is 3. The van der Waals surface area contributed by atoms with E-state index in [4.69, 9.17) is 14.2 Å². The van der Waals surface area contributed by atoms with Crippen molar-refractivity contribution in [1.29, 1.82) is 0 Å². The van der Waals surface area contributed by atoms with E-state index >= 15 is 0 Å². The largest absolute Gasteiger partial charge is 0.493 e. The minimum absolute atomic E-state index is 0.174. The van der Waals surface area contributed by atoms with Crippen LogP contribution in [-0.4, -0.2) is 36.3 Å². The molecule has 8 heteroatoms. The average Bonchev–Trinajstić information content (AvgIpc) is 3.13.